The minimum atomic E-state index is -0.328. The van der Waals surface area contributed by atoms with Crippen molar-refractivity contribution in [1.29, 1.82) is 0 Å². The standard InChI is InChI=1S/C16H17FN4O/c17-13-5-3-12(4-6-13)16(22)20-8-7-14(9-20)21-10-15(18-19-21)11-1-2-11/h3-6,10-11,14H,1-2,7-9H2. The second kappa shape index (κ2) is 5.19. The summed E-state index contributed by atoms with van der Waals surface area (Å²) in [6.07, 6.45) is 5.31. The predicted octanol–water partition coefficient (Wildman–Crippen LogP) is 2.38. The fourth-order valence-corrected chi connectivity index (χ4v) is 2.95. The van der Waals surface area contributed by atoms with E-state index in [-0.39, 0.29) is 17.8 Å². The number of rotatable bonds is 3. The molecule has 1 saturated heterocycles. The van der Waals surface area contributed by atoms with Gasteiger partial charge in [0.05, 0.1) is 11.7 Å². The number of amides is 1. The number of likely N-dealkylation sites (tertiary alicyclic amines) is 1. The number of hydrogen-bond donors (Lipinski definition) is 0. The van der Waals surface area contributed by atoms with Gasteiger partial charge < -0.3 is 4.90 Å². The SMILES string of the molecule is O=C(c1ccc(F)cc1)N1CCC(n2cc(C3CC3)nn2)C1. The zero-order chi connectivity index (χ0) is 15.1. The number of halogens is 1. The van der Waals surface area contributed by atoms with Crippen molar-refractivity contribution >= 4 is 5.91 Å². The van der Waals surface area contributed by atoms with Crippen LogP contribution in [-0.2, 0) is 0 Å². The van der Waals surface area contributed by atoms with Crippen LogP contribution in [0.5, 0.6) is 0 Å². The third-order valence-corrected chi connectivity index (χ3v) is 4.44. The lowest BCUT2D eigenvalue weighted by Gasteiger charge is -2.16. The molecule has 1 unspecified atom stereocenters. The van der Waals surface area contributed by atoms with Crippen molar-refractivity contribution in [3.8, 4) is 0 Å². The molecule has 2 fully saturated rings. The fraction of sp³-hybridized carbons (Fsp3) is 0.438. The number of aromatic nitrogens is 3. The summed E-state index contributed by atoms with van der Waals surface area (Å²) in [7, 11) is 0. The molecule has 6 heteroatoms. The van der Waals surface area contributed by atoms with Gasteiger partial charge in [-0.3, -0.25) is 4.79 Å². The Morgan fingerprint density at radius 3 is 2.68 bits per heavy atom. The highest BCUT2D eigenvalue weighted by atomic mass is 19.1. The second-order valence-corrected chi connectivity index (χ2v) is 6.10. The Kier molecular flexibility index (Phi) is 3.17. The molecule has 0 N–H and O–H groups in total. The van der Waals surface area contributed by atoms with Gasteiger partial charge in [-0.2, -0.15) is 0 Å². The first-order chi connectivity index (χ1) is 10.7. The van der Waals surface area contributed by atoms with E-state index in [9.17, 15) is 9.18 Å². The Morgan fingerprint density at radius 2 is 1.95 bits per heavy atom. The van der Waals surface area contributed by atoms with E-state index in [0.29, 0.717) is 24.6 Å². The maximum Gasteiger partial charge on any atom is 0.253 e. The van der Waals surface area contributed by atoms with E-state index in [2.05, 4.69) is 10.3 Å². The van der Waals surface area contributed by atoms with E-state index in [1.807, 2.05) is 10.9 Å². The van der Waals surface area contributed by atoms with Crippen LogP contribution >= 0.6 is 0 Å². The first-order valence-corrected chi connectivity index (χ1v) is 7.67. The van der Waals surface area contributed by atoms with Gasteiger partial charge in [-0.05, 0) is 43.5 Å². The molecule has 0 spiro atoms. The van der Waals surface area contributed by atoms with Crippen LogP contribution in [0.15, 0.2) is 30.5 Å². The van der Waals surface area contributed by atoms with Crippen LogP contribution in [0.4, 0.5) is 4.39 Å². The van der Waals surface area contributed by atoms with Crippen molar-refractivity contribution < 1.29 is 9.18 Å². The second-order valence-electron chi connectivity index (χ2n) is 6.10. The third kappa shape index (κ3) is 2.49. The lowest BCUT2D eigenvalue weighted by molar-refractivity contribution is 0.0787. The Morgan fingerprint density at radius 1 is 1.18 bits per heavy atom. The van der Waals surface area contributed by atoms with Crippen LogP contribution in [0, 0.1) is 5.82 Å². The summed E-state index contributed by atoms with van der Waals surface area (Å²) in [5.74, 6) is 0.211. The Labute approximate surface area is 127 Å². The van der Waals surface area contributed by atoms with Gasteiger partial charge in [-0.15, -0.1) is 5.10 Å². The summed E-state index contributed by atoms with van der Waals surface area (Å²) in [6, 6.07) is 5.89. The van der Waals surface area contributed by atoms with Crippen molar-refractivity contribution in [1.82, 2.24) is 19.9 Å². The number of hydrogen-bond acceptors (Lipinski definition) is 3. The van der Waals surface area contributed by atoms with Gasteiger partial charge in [0.25, 0.3) is 5.91 Å². The third-order valence-electron chi connectivity index (χ3n) is 4.44. The van der Waals surface area contributed by atoms with Crippen LogP contribution in [0.3, 0.4) is 0 Å². The summed E-state index contributed by atoms with van der Waals surface area (Å²) in [4.78, 5) is 14.2. The van der Waals surface area contributed by atoms with Crippen molar-refractivity contribution in [3.63, 3.8) is 0 Å². The smallest absolute Gasteiger partial charge is 0.253 e. The quantitative estimate of drug-likeness (QED) is 0.874. The first-order valence-electron chi connectivity index (χ1n) is 7.67. The van der Waals surface area contributed by atoms with Crippen LogP contribution in [0.1, 0.15) is 47.3 Å². The van der Waals surface area contributed by atoms with E-state index in [4.69, 9.17) is 0 Å². The Hall–Kier alpha value is -2.24. The highest BCUT2D eigenvalue weighted by Crippen LogP contribution is 2.39. The largest absolute Gasteiger partial charge is 0.336 e. The average molecular weight is 300 g/mol. The average Bonchev–Trinajstić information content (AvgIpc) is 3.07. The fourth-order valence-electron chi connectivity index (χ4n) is 2.95. The Balaban J connectivity index is 1.44. The van der Waals surface area contributed by atoms with Crippen molar-refractivity contribution in [2.24, 2.45) is 0 Å². The number of benzene rings is 1. The van der Waals surface area contributed by atoms with Crippen LogP contribution < -0.4 is 0 Å². The van der Waals surface area contributed by atoms with Crippen LogP contribution in [0.2, 0.25) is 0 Å². The molecule has 0 radical (unpaired) electrons. The molecule has 4 rings (SSSR count). The molecule has 1 aromatic carbocycles. The Bertz CT molecular complexity index is 692. The molecule has 1 aliphatic carbocycles. The summed E-state index contributed by atoms with van der Waals surface area (Å²) >= 11 is 0. The zero-order valence-electron chi connectivity index (χ0n) is 12.2. The summed E-state index contributed by atoms with van der Waals surface area (Å²) in [5.41, 5.74) is 1.60. The lowest BCUT2D eigenvalue weighted by Crippen LogP contribution is -2.29. The topological polar surface area (TPSA) is 51.0 Å². The number of carbonyl (C=O) groups excluding carboxylic acids is 1. The summed E-state index contributed by atoms with van der Waals surface area (Å²) in [6.45, 7) is 1.32. The van der Waals surface area contributed by atoms with E-state index in [1.54, 1.807) is 4.90 Å². The molecule has 1 aliphatic heterocycles. The monoisotopic (exact) mass is 300 g/mol. The van der Waals surface area contributed by atoms with E-state index in [0.717, 1.165) is 12.1 Å². The van der Waals surface area contributed by atoms with Gasteiger partial charge in [-0.1, -0.05) is 5.21 Å². The molecule has 5 nitrogen and oxygen atoms in total. The van der Waals surface area contributed by atoms with Crippen LogP contribution in [-0.4, -0.2) is 38.9 Å². The molecule has 2 heterocycles. The van der Waals surface area contributed by atoms with Gasteiger partial charge in [0, 0.05) is 30.8 Å². The van der Waals surface area contributed by atoms with E-state index < -0.39 is 0 Å². The van der Waals surface area contributed by atoms with Crippen molar-refractivity contribution in [2.75, 3.05) is 13.1 Å². The summed E-state index contributed by atoms with van der Waals surface area (Å²) < 4.78 is 14.8. The number of carbonyl (C=O) groups is 1. The minimum absolute atomic E-state index is 0.0509. The van der Waals surface area contributed by atoms with E-state index >= 15 is 0 Å². The van der Waals surface area contributed by atoms with E-state index in [1.165, 1.54) is 37.1 Å². The molecular formula is C16H17FN4O. The first kappa shape index (κ1) is 13.4. The molecule has 1 atom stereocenters. The van der Waals surface area contributed by atoms with Crippen molar-refractivity contribution in [2.45, 2.75) is 31.2 Å². The molecular weight excluding hydrogens is 283 g/mol. The highest BCUT2D eigenvalue weighted by molar-refractivity contribution is 5.94. The molecule has 1 aromatic heterocycles. The maximum atomic E-state index is 12.9. The zero-order valence-corrected chi connectivity index (χ0v) is 12.2. The molecule has 0 bridgehead atoms. The predicted molar refractivity (Wildman–Crippen MR) is 78.0 cm³/mol. The molecule has 1 saturated carbocycles. The molecule has 2 aliphatic rings. The van der Waals surface area contributed by atoms with Gasteiger partial charge in [0.15, 0.2) is 0 Å². The number of nitrogens with zero attached hydrogens (tertiary/aromatic N) is 4. The van der Waals surface area contributed by atoms with Crippen LogP contribution in [0.25, 0.3) is 0 Å². The maximum absolute atomic E-state index is 12.9. The molecule has 2 aromatic rings. The van der Waals surface area contributed by atoms with Gasteiger partial charge in [0.2, 0.25) is 0 Å². The molecule has 22 heavy (non-hydrogen) atoms. The highest BCUT2D eigenvalue weighted by Gasteiger charge is 2.31. The summed E-state index contributed by atoms with van der Waals surface area (Å²) in [5, 5.41) is 8.45. The van der Waals surface area contributed by atoms with Crippen molar-refractivity contribution in [3.05, 3.63) is 47.5 Å². The molecule has 1 amide bonds. The van der Waals surface area contributed by atoms with Gasteiger partial charge in [0.1, 0.15) is 5.82 Å². The van der Waals surface area contributed by atoms with Gasteiger partial charge in [-0.25, -0.2) is 9.07 Å². The molecule has 114 valence electrons. The lowest BCUT2D eigenvalue weighted by atomic mass is 10.2. The normalized spacial score (nSPS) is 21.3. The van der Waals surface area contributed by atoms with Gasteiger partial charge >= 0.3 is 0 Å². The minimum Gasteiger partial charge on any atom is -0.336 e.